The zero-order chi connectivity index (χ0) is 14.1. The van der Waals surface area contributed by atoms with Gasteiger partial charge in [0.1, 0.15) is 0 Å². The van der Waals surface area contributed by atoms with E-state index >= 15 is 0 Å². The van der Waals surface area contributed by atoms with Crippen LogP contribution in [0.5, 0.6) is 0 Å². The minimum Gasteiger partial charge on any atom is -0.381 e. The summed E-state index contributed by atoms with van der Waals surface area (Å²) in [5, 5.41) is 3.13. The second-order valence-electron chi connectivity index (χ2n) is 5.71. The van der Waals surface area contributed by atoms with Crippen LogP contribution < -0.4 is 10.9 Å². The maximum absolute atomic E-state index is 12.1. The molecule has 0 radical (unpaired) electrons. The Morgan fingerprint density at radius 3 is 3.00 bits per heavy atom. The van der Waals surface area contributed by atoms with Gasteiger partial charge in [0.05, 0.1) is 12.5 Å². The number of pyridine rings is 1. The Morgan fingerprint density at radius 2 is 2.25 bits per heavy atom. The number of ether oxygens (including phenoxy) is 1. The van der Waals surface area contributed by atoms with E-state index in [2.05, 4.69) is 5.32 Å². The standard InChI is InChI=1S/C15H20N2O3/c1-17-13-4-3-12(8-10(13)2-5-14(17)18)16-15(19)11-6-7-20-9-11/h2,5,11-12H,3-4,6-9H2,1H3,(H,16,19). The highest BCUT2D eigenvalue weighted by Gasteiger charge is 2.27. The van der Waals surface area contributed by atoms with Gasteiger partial charge in [-0.25, -0.2) is 0 Å². The Morgan fingerprint density at radius 1 is 1.40 bits per heavy atom. The molecule has 3 rings (SSSR count). The number of aromatic nitrogens is 1. The number of amides is 1. The molecule has 1 amide bonds. The monoisotopic (exact) mass is 276 g/mol. The lowest BCUT2D eigenvalue weighted by molar-refractivity contribution is -0.125. The number of fused-ring (bicyclic) bond motifs is 1. The third kappa shape index (κ3) is 2.50. The quantitative estimate of drug-likeness (QED) is 0.850. The van der Waals surface area contributed by atoms with Gasteiger partial charge in [-0.05, 0) is 31.2 Å². The zero-order valence-corrected chi connectivity index (χ0v) is 11.7. The van der Waals surface area contributed by atoms with Crippen LogP contribution in [0.1, 0.15) is 24.1 Å². The van der Waals surface area contributed by atoms with Crippen LogP contribution in [0.3, 0.4) is 0 Å². The van der Waals surface area contributed by atoms with E-state index in [4.69, 9.17) is 4.74 Å². The van der Waals surface area contributed by atoms with Crippen LogP contribution in [0, 0.1) is 5.92 Å². The second-order valence-corrected chi connectivity index (χ2v) is 5.71. The molecule has 1 aromatic heterocycles. The van der Waals surface area contributed by atoms with E-state index in [-0.39, 0.29) is 23.4 Å². The molecule has 0 saturated carbocycles. The average molecular weight is 276 g/mol. The molecule has 2 aliphatic rings. The number of hydrogen-bond donors (Lipinski definition) is 1. The van der Waals surface area contributed by atoms with Crippen molar-refractivity contribution >= 4 is 5.91 Å². The van der Waals surface area contributed by atoms with Crippen molar-refractivity contribution in [2.24, 2.45) is 13.0 Å². The molecule has 1 fully saturated rings. The van der Waals surface area contributed by atoms with Crippen LogP contribution in [0.25, 0.3) is 0 Å². The first-order valence-corrected chi connectivity index (χ1v) is 7.21. The molecular formula is C15H20N2O3. The van der Waals surface area contributed by atoms with Crippen LogP contribution in [0.4, 0.5) is 0 Å². The van der Waals surface area contributed by atoms with Crippen molar-refractivity contribution < 1.29 is 9.53 Å². The van der Waals surface area contributed by atoms with Crippen molar-refractivity contribution in [2.75, 3.05) is 13.2 Å². The number of nitrogens with one attached hydrogen (secondary N) is 1. The summed E-state index contributed by atoms with van der Waals surface area (Å²) in [6.07, 6.45) is 3.37. The van der Waals surface area contributed by atoms with Crippen LogP contribution in [0.15, 0.2) is 16.9 Å². The normalized spacial score (nSPS) is 25.2. The van der Waals surface area contributed by atoms with E-state index in [0.717, 1.165) is 31.4 Å². The minimum absolute atomic E-state index is 0.0107. The van der Waals surface area contributed by atoms with Crippen molar-refractivity contribution in [1.29, 1.82) is 0 Å². The van der Waals surface area contributed by atoms with Crippen molar-refractivity contribution in [3.8, 4) is 0 Å². The first-order chi connectivity index (χ1) is 9.65. The maximum atomic E-state index is 12.1. The lowest BCUT2D eigenvalue weighted by atomic mass is 9.91. The summed E-state index contributed by atoms with van der Waals surface area (Å²) in [5.41, 5.74) is 2.31. The second kappa shape index (κ2) is 5.40. The van der Waals surface area contributed by atoms with Crippen LogP contribution >= 0.6 is 0 Å². The maximum Gasteiger partial charge on any atom is 0.250 e. The van der Waals surface area contributed by atoms with Gasteiger partial charge in [-0.15, -0.1) is 0 Å². The Hall–Kier alpha value is -1.62. The summed E-state index contributed by atoms with van der Waals surface area (Å²) < 4.78 is 6.97. The molecule has 108 valence electrons. The lowest BCUT2D eigenvalue weighted by Gasteiger charge is -2.27. The molecule has 5 heteroatoms. The smallest absolute Gasteiger partial charge is 0.250 e. The molecule has 2 unspecified atom stereocenters. The third-order valence-corrected chi connectivity index (χ3v) is 4.38. The summed E-state index contributed by atoms with van der Waals surface area (Å²) in [7, 11) is 1.82. The lowest BCUT2D eigenvalue weighted by Crippen LogP contribution is -2.43. The highest BCUT2D eigenvalue weighted by Crippen LogP contribution is 2.20. The van der Waals surface area contributed by atoms with E-state index < -0.39 is 0 Å². The number of nitrogens with zero attached hydrogens (tertiary/aromatic N) is 1. The predicted octanol–water partition coefficient (Wildman–Crippen LogP) is 0.395. The first-order valence-electron chi connectivity index (χ1n) is 7.21. The van der Waals surface area contributed by atoms with Crippen LogP contribution in [0.2, 0.25) is 0 Å². The van der Waals surface area contributed by atoms with Gasteiger partial charge in [0.2, 0.25) is 11.5 Å². The highest BCUT2D eigenvalue weighted by atomic mass is 16.5. The van der Waals surface area contributed by atoms with E-state index in [0.29, 0.717) is 13.2 Å². The summed E-state index contributed by atoms with van der Waals surface area (Å²) in [6, 6.07) is 3.68. The van der Waals surface area contributed by atoms with Gasteiger partial charge < -0.3 is 14.6 Å². The zero-order valence-electron chi connectivity index (χ0n) is 11.7. The fraction of sp³-hybridized carbons (Fsp3) is 0.600. The summed E-state index contributed by atoms with van der Waals surface area (Å²) in [6.45, 7) is 1.23. The largest absolute Gasteiger partial charge is 0.381 e. The van der Waals surface area contributed by atoms with Crippen molar-refractivity contribution in [1.82, 2.24) is 9.88 Å². The van der Waals surface area contributed by atoms with Crippen molar-refractivity contribution in [2.45, 2.75) is 31.7 Å². The van der Waals surface area contributed by atoms with Gasteiger partial charge in [-0.1, -0.05) is 6.07 Å². The molecule has 2 atom stereocenters. The van der Waals surface area contributed by atoms with Crippen LogP contribution in [-0.4, -0.2) is 29.7 Å². The fourth-order valence-electron chi connectivity index (χ4n) is 3.10. The minimum atomic E-state index is 0.0107. The number of hydrogen-bond acceptors (Lipinski definition) is 3. The van der Waals surface area contributed by atoms with Gasteiger partial charge in [0, 0.05) is 31.5 Å². The van der Waals surface area contributed by atoms with E-state index in [9.17, 15) is 9.59 Å². The summed E-state index contributed by atoms with van der Waals surface area (Å²) in [5.74, 6) is 0.122. The number of carbonyl (C=O) groups is 1. The number of rotatable bonds is 2. The number of carbonyl (C=O) groups excluding carboxylic acids is 1. The molecule has 1 saturated heterocycles. The summed E-state index contributed by atoms with van der Waals surface area (Å²) in [4.78, 5) is 23.7. The Kier molecular flexibility index (Phi) is 3.61. The van der Waals surface area contributed by atoms with Gasteiger partial charge in [-0.3, -0.25) is 9.59 Å². The van der Waals surface area contributed by atoms with Gasteiger partial charge >= 0.3 is 0 Å². The molecule has 2 heterocycles. The van der Waals surface area contributed by atoms with Gasteiger partial charge in [0.15, 0.2) is 0 Å². The first kappa shape index (κ1) is 13.4. The van der Waals surface area contributed by atoms with E-state index in [1.54, 1.807) is 10.6 Å². The highest BCUT2D eigenvalue weighted by molar-refractivity contribution is 5.79. The molecule has 0 bridgehead atoms. The van der Waals surface area contributed by atoms with Gasteiger partial charge in [-0.2, -0.15) is 0 Å². The molecule has 1 N–H and O–H groups in total. The summed E-state index contributed by atoms with van der Waals surface area (Å²) >= 11 is 0. The molecule has 20 heavy (non-hydrogen) atoms. The Balaban J connectivity index is 1.68. The SMILES string of the molecule is Cn1c2c(ccc1=O)CC(NC(=O)C1CCOC1)CC2. The van der Waals surface area contributed by atoms with Crippen LogP contribution in [-0.2, 0) is 29.4 Å². The Bertz CT molecular complexity index is 573. The van der Waals surface area contributed by atoms with Gasteiger partial charge in [0.25, 0.3) is 0 Å². The molecular weight excluding hydrogens is 256 g/mol. The van der Waals surface area contributed by atoms with Crippen molar-refractivity contribution in [3.63, 3.8) is 0 Å². The van der Waals surface area contributed by atoms with E-state index in [1.807, 2.05) is 13.1 Å². The molecule has 0 spiro atoms. The average Bonchev–Trinajstić information content (AvgIpc) is 2.97. The molecule has 5 nitrogen and oxygen atoms in total. The predicted molar refractivity (Wildman–Crippen MR) is 74.6 cm³/mol. The fourth-order valence-corrected chi connectivity index (χ4v) is 3.10. The molecule has 0 aromatic carbocycles. The van der Waals surface area contributed by atoms with E-state index in [1.165, 1.54) is 5.56 Å². The molecule has 1 aliphatic carbocycles. The Labute approximate surface area is 117 Å². The van der Waals surface area contributed by atoms with Crippen molar-refractivity contribution in [3.05, 3.63) is 33.7 Å². The molecule has 1 aliphatic heterocycles. The third-order valence-electron chi connectivity index (χ3n) is 4.38. The topological polar surface area (TPSA) is 60.3 Å². The molecule has 1 aromatic rings.